The molecule has 0 radical (unpaired) electrons. The molecule has 152 valence electrons. The topological polar surface area (TPSA) is 60.9 Å². The monoisotopic (exact) mass is 425 g/mol. The van der Waals surface area contributed by atoms with Gasteiger partial charge >= 0.3 is 0 Å². The van der Waals surface area contributed by atoms with Gasteiger partial charge < -0.3 is 4.42 Å². The maximum atomic E-state index is 14.1. The van der Waals surface area contributed by atoms with Gasteiger partial charge in [0.2, 0.25) is 0 Å². The van der Waals surface area contributed by atoms with Gasteiger partial charge in [-0.15, -0.1) is 10.2 Å². The molecule has 0 fully saturated rings. The predicted molar refractivity (Wildman–Crippen MR) is 110 cm³/mol. The molecule has 0 saturated carbocycles. The van der Waals surface area contributed by atoms with E-state index in [0.29, 0.717) is 16.7 Å². The number of benzene rings is 2. The van der Waals surface area contributed by atoms with Crippen LogP contribution in [0.25, 0.3) is 17.1 Å². The Labute approximate surface area is 175 Å². The molecular formula is C22H17F2N3O2S. The van der Waals surface area contributed by atoms with Crippen molar-refractivity contribution in [2.45, 2.75) is 24.3 Å². The molecular weight excluding hydrogens is 408 g/mol. The van der Waals surface area contributed by atoms with E-state index in [9.17, 15) is 13.6 Å². The van der Waals surface area contributed by atoms with Crippen LogP contribution in [0.15, 0.2) is 70.4 Å². The number of nitrogens with zero attached hydrogens (tertiary/aromatic N) is 3. The summed E-state index contributed by atoms with van der Waals surface area (Å²) in [5.74, 6) is -0.704. The van der Waals surface area contributed by atoms with E-state index in [-0.39, 0.29) is 5.56 Å². The highest BCUT2D eigenvalue weighted by molar-refractivity contribution is 8.00. The van der Waals surface area contributed by atoms with Crippen molar-refractivity contribution in [3.8, 4) is 17.1 Å². The predicted octanol–water partition coefficient (Wildman–Crippen LogP) is 5.48. The third-order valence-corrected chi connectivity index (χ3v) is 5.64. The highest BCUT2D eigenvalue weighted by Gasteiger charge is 2.25. The van der Waals surface area contributed by atoms with E-state index in [1.807, 2.05) is 41.8 Å². The molecule has 5 nitrogen and oxygen atoms in total. The quantitative estimate of drug-likeness (QED) is 0.303. The molecule has 0 aliphatic carbocycles. The molecule has 0 bridgehead atoms. The number of hydrogen-bond acceptors (Lipinski definition) is 5. The number of furan rings is 1. The van der Waals surface area contributed by atoms with Gasteiger partial charge in [0.05, 0.1) is 22.6 Å². The largest absolute Gasteiger partial charge is 0.469 e. The van der Waals surface area contributed by atoms with Crippen LogP contribution < -0.4 is 0 Å². The van der Waals surface area contributed by atoms with Crippen molar-refractivity contribution in [3.63, 3.8) is 0 Å². The average Bonchev–Trinajstić information content (AvgIpc) is 3.35. The fraction of sp³-hybridized carbons (Fsp3) is 0.136. The SMILES string of the molecule is Cc1occc1-c1nnc(SC(C)C(=O)c2cc(F)ccc2F)n1-c1ccccc1. The summed E-state index contributed by atoms with van der Waals surface area (Å²) in [6.07, 6.45) is 1.57. The maximum absolute atomic E-state index is 14.1. The maximum Gasteiger partial charge on any atom is 0.196 e. The number of thioether (sulfide) groups is 1. The van der Waals surface area contributed by atoms with Crippen LogP contribution in [0.2, 0.25) is 0 Å². The fourth-order valence-corrected chi connectivity index (χ4v) is 4.00. The molecule has 1 unspecified atom stereocenters. The van der Waals surface area contributed by atoms with E-state index < -0.39 is 22.7 Å². The number of halogens is 2. The summed E-state index contributed by atoms with van der Waals surface area (Å²) in [6.45, 7) is 3.45. The Morgan fingerprint density at radius 3 is 2.57 bits per heavy atom. The van der Waals surface area contributed by atoms with Crippen LogP contribution in [0, 0.1) is 18.6 Å². The first-order valence-electron chi connectivity index (χ1n) is 9.17. The van der Waals surface area contributed by atoms with Crippen molar-refractivity contribution in [1.29, 1.82) is 0 Å². The van der Waals surface area contributed by atoms with E-state index in [2.05, 4.69) is 10.2 Å². The van der Waals surface area contributed by atoms with E-state index in [0.717, 1.165) is 41.2 Å². The Balaban J connectivity index is 1.73. The summed E-state index contributed by atoms with van der Waals surface area (Å²) >= 11 is 1.13. The molecule has 4 aromatic rings. The number of para-hydroxylation sites is 1. The number of carbonyl (C=O) groups is 1. The average molecular weight is 425 g/mol. The molecule has 0 saturated heterocycles. The molecule has 1 atom stereocenters. The Bertz CT molecular complexity index is 1200. The molecule has 0 spiro atoms. The Morgan fingerprint density at radius 1 is 1.10 bits per heavy atom. The lowest BCUT2D eigenvalue weighted by atomic mass is 10.1. The highest BCUT2D eigenvalue weighted by Crippen LogP contribution is 2.33. The molecule has 30 heavy (non-hydrogen) atoms. The molecule has 2 aromatic carbocycles. The molecule has 2 heterocycles. The molecule has 2 aromatic heterocycles. The Kier molecular flexibility index (Phi) is 5.50. The van der Waals surface area contributed by atoms with Gasteiger partial charge in [-0.3, -0.25) is 9.36 Å². The lowest BCUT2D eigenvalue weighted by Crippen LogP contribution is -2.16. The van der Waals surface area contributed by atoms with Gasteiger partial charge in [-0.1, -0.05) is 30.0 Å². The van der Waals surface area contributed by atoms with Crippen molar-refractivity contribution in [3.05, 3.63) is 83.8 Å². The second kappa shape index (κ2) is 8.23. The Morgan fingerprint density at radius 2 is 1.87 bits per heavy atom. The van der Waals surface area contributed by atoms with Crippen LogP contribution >= 0.6 is 11.8 Å². The standard InChI is InChI=1S/C22H17F2N3O2S/c1-13-17(10-11-29-13)21-25-26-22(27(21)16-6-4-3-5-7-16)30-14(2)20(28)18-12-15(23)8-9-19(18)24/h3-12,14H,1-2H3. The van der Waals surface area contributed by atoms with Gasteiger partial charge in [0.15, 0.2) is 16.8 Å². The second-order valence-corrected chi connectivity index (χ2v) is 7.92. The third-order valence-electron chi connectivity index (χ3n) is 4.59. The van der Waals surface area contributed by atoms with Crippen molar-refractivity contribution < 1.29 is 18.0 Å². The van der Waals surface area contributed by atoms with Crippen LogP contribution in [0.1, 0.15) is 23.0 Å². The van der Waals surface area contributed by atoms with Crippen LogP contribution in [-0.4, -0.2) is 25.8 Å². The molecule has 4 rings (SSSR count). The zero-order chi connectivity index (χ0) is 21.3. The van der Waals surface area contributed by atoms with E-state index in [1.165, 1.54) is 0 Å². The summed E-state index contributed by atoms with van der Waals surface area (Å²) in [6, 6.07) is 14.1. The molecule has 0 N–H and O–H groups in total. The number of aromatic nitrogens is 3. The first-order chi connectivity index (χ1) is 14.5. The van der Waals surface area contributed by atoms with Gasteiger partial charge in [-0.05, 0) is 50.2 Å². The van der Waals surface area contributed by atoms with Crippen LogP contribution in [0.5, 0.6) is 0 Å². The lowest BCUT2D eigenvalue weighted by Gasteiger charge is -2.13. The van der Waals surface area contributed by atoms with Crippen molar-refractivity contribution >= 4 is 17.5 Å². The van der Waals surface area contributed by atoms with E-state index in [1.54, 1.807) is 19.3 Å². The molecule has 8 heteroatoms. The summed E-state index contributed by atoms with van der Waals surface area (Å²) in [5.41, 5.74) is 1.29. The number of aryl methyl sites for hydroxylation is 1. The van der Waals surface area contributed by atoms with Gasteiger partial charge in [0, 0.05) is 5.69 Å². The van der Waals surface area contributed by atoms with E-state index in [4.69, 9.17) is 4.42 Å². The van der Waals surface area contributed by atoms with Gasteiger partial charge in [-0.25, -0.2) is 8.78 Å². The van der Waals surface area contributed by atoms with Gasteiger partial charge in [0.1, 0.15) is 17.4 Å². The van der Waals surface area contributed by atoms with Crippen molar-refractivity contribution in [2.24, 2.45) is 0 Å². The van der Waals surface area contributed by atoms with Crippen LogP contribution in [0.4, 0.5) is 8.78 Å². The number of rotatable bonds is 6. The minimum atomic E-state index is -0.756. The van der Waals surface area contributed by atoms with Gasteiger partial charge in [-0.2, -0.15) is 0 Å². The second-order valence-electron chi connectivity index (χ2n) is 6.62. The van der Waals surface area contributed by atoms with Crippen molar-refractivity contribution in [2.75, 3.05) is 0 Å². The first kappa shape index (κ1) is 20.0. The smallest absolute Gasteiger partial charge is 0.196 e. The lowest BCUT2D eigenvalue weighted by molar-refractivity contribution is 0.0989. The first-order valence-corrected chi connectivity index (χ1v) is 10.0. The summed E-state index contributed by atoms with van der Waals surface area (Å²) < 4.78 is 34.8. The number of hydrogen-bond donors (Lipinski definition) is 0. The van der Waals surface area contributed by atoms with Gasteiger partial charge in [0.25, 0.3) is 0 Å². The minimum absolute atomic E-state index is 0.285. The highest BCUT2D eigenvalue weighted by atomic mass is 32.2. The Hall–Kier alpha value is -3.26. The molecule has 0 aliphatic rings. The summed E-state index contributed by atoms with van der Waals surface area (Å²) in [4.78, 5) is 12.8. The number of ketones is 1. The van der Waals surface area contributed by atoms with Crippen molar-refractivity contribution in [1.82, 2.24) is 14.8 Å². The normalized spacial score (nSPS) is 12.1. The van der Waals surface area contributed by atoms with Crippen LogP contribution in [-0.2, 0) is 0 Å². The van der Waals surface area contributed by atoms with Crippen LogP contribution in [0.3, 0.4) is 0 Å². The number of Topliss-reactive ketones (excluding diaryl/α,β-unsaturated/α-hetero) is 1. The minimum Gasteiger partial charge on any atom is -0.469 e. The van der Waals surface area contributed by atoms with E-state index >= 15 is 0 Å². The summed E-state index contributed by atoms with van der Waals surface area (Å²) in [5, 5.41) is 8.30. The zero-order valence-corrected chi connectivity index (χ0v) is 17.0. The summed E-state index contributed by atoms with van der Waals surface area (Å²) in [7, 11) is 0. The fourth-order valence-electron chi connectivity index (χ4n) is 3.06. The zero-order valence-electron chi connectivity index (χ0n) is 16.2. The molecule has 0 amide bonds. The molecule has 0 aliphatic heterocycles. The third kappa shape index (κ3) is 3.78. The number of carbonyl (C=O) groups excluding carboxylic acids is 1.